The average molecular weight is 329 g/mol. The van der Waals surface area contributed by atoms with Crippen molar-refractivity contribution in [3.8, 4) is 0 Å². The molecule has 0 aliphatic heterocycles. The Balaban J connectivity index is 3.51. The molecule has 0 amide bonds. The van der Waals surface area contributed by atoms with E-state index in [9.17, 15) is 0 Å². The maximum absolute atomic E-state index is 8.77. The molecule has 0 aromatic heterocycles. The lowest BCUT2D eigenvalue weighted by Gasteiger charge is -1.97. The minimum Gasteiger partial charge on any atom is -0.392 e. The van der Waals surface area contributed by atoms with Crippen molar-refractivity contribution >= 4 is 0 Å². The molecule has 0 saturated carbocycles. The van der Waals surface area contributed by atoms with Gasteiger partial charge in [-0.1, -0.05) is 79.3 Å². The molecule has 0 aliphatic rings. The van der Waals surface area contributed by atoms with Crippen molar-refractivity contribution in [2.45, 2.75) is 65.2 Å². The summed E-state index contributed by atoms with van der Waals surface area (Å²) in [5, 5.41) is 8.77. The summed E-state index contributed by atoms with van der Waals surface area (Å²) in [4.78, 5) is 0. The Morgan fingerprint density at radius 1 is 0.708 bits per heavy atom. The number of aliphatic hydroxyl groups excluding tert-OH is 1. The van der Waals surface area contributed by atoms with Crippen LogP contribution in [0.5, 0.6) is 0 Å². The number of hydrogen-bond acceptors (Lipinski definition) is 1. The molecule has 1 nitrogen and oxygen atoms in total. The van der Waals surface area contributed by atoms with Crippen molar-refractivity contribution in [1.82, 2.24) is 0 Å². The molecule has 0 aromatic rings. The number of rotatable bonds is 14. The molecular formula is C23H36O. The van der Waals surface area contributed by atoms with Crippen molar-refractivity contribution in [1.29, 1.82) is 0 Å². The molecule has 0 fully saturated rings. The summed E-state index contributed by atoms with van der Waals surface area (Å²) in [6, 6.07) is 0. The van der Waals surface area contributed by atoms with E-state index < -0.39 is 0 Å². The molecule has 0 radical (unpaired) electrons. The summed E-state index contributed by atoms with van der Waals surface area (Å²) >= 11 is 0. The molecular weight excluding hydrogens is 292 g/mol. The van der Waals surface area contributed by atoms with Crippen LogP contribution >= 0.6 is 0 Å². The van der Waals surface area contributed by atoms with Gasteiger partial charge in [0.25, 0.3) is 0 Å². The van der Waals surface area contributed by atoms with Crippen LogP contribution in [0.2, 0.25) is 0 Å². The molecule has 1 heteroatoms. The predicted molar refractivity (Wildman–Crippen MR) is 109 cm³/mol. The fraction of sp³-hybridized carbons (Fsp3) is 0.478. The van der Waals surface area contributed by atoms with Crippen molar-refractivity contribution in [3.05, 3.63) is 72.4 Å². The maximum atomic E-state index is 8.77. The van der Waals surface area contributed by atoms with E-state index >= 15 is 0 Å². The van der Waals surface area contributed by atoms with Crippen molar-refractivity contribution < 1.29 is 5.11 Å². The maximum Gasteiger partial charge on any atom is 0.0614 e. The standard InChI is InChI=1S/C23H36O/c1-3-4-5-6-7-8-9-10-11-12-13-14-15-16-17-18-19-20-23(2)21-22-24/h4-5,7-8,10-11,13-14,16-17,21,24H,3,6,9,12,15,18-20,22H2,1-2H3/b5-4-,8-7-,11-10-,14-13-,17-16-,23-21-. The minimum atomic E-state index is 0.160. The van der Waals surface area contributed by atoms with Gasteiger partial charge >= 0.3 is 0 Å². The molecule has 0 bridgehead atoms. The molecule has 0 saturated heterocycles. The van der Waals surface area contributed by atoms with Gasteiger partial charge in [0.1, 0.15) is 0 Å². The fourth-order valence-corrected chi connectivity index (χ4v) is 2.13. The highest BCUT2D eigenvalue weighted by molar-refractivity contribution is 5.01. The zero-order valence-corrected chi connectivity index (χ0v) is 15.7. The van der Waals surface area contributed by atoms with Crippen molar-refractivity contribution in [2.75, 3.05) is 6.61 Å². The molecule has 24 heavy (non-hydrogen) atoms. The summed E-state index contributed by atoms with van der Waals surface area (Å²) in [6.07, 6.45) is 32.7. The van der Waals surface area contributed by atoms with Crippen LogP contribution in [0, 0.1) is 0 Å². The van der Waals surface area contributed by atoms with Gasteiger partial charge in [-0.2, -0.15) is 0 Å². The van der Waals surface area contributed by atoms with Crippen LogP contribution in [-0.2, 0) is 0 Å². The smallest absolute Gasteiger partial charge is 0.0614 e. The van der Waals surface area contributed by atoms with E-state index in [-0.39, 0.29) is 6.61 Å². The van der Waals surface area contributed by atoms with Gasteiger partial charge in [-0.3, -0.25) is 0 Å². The Kier molecular flexibility index (Phi) is 18.2. The molecule has 0 rings (SSSR count). The number of unbranched alkanes of at least 4 members (excludes halogenated alkanes) is 1. The minimum absolute atomic E-state index is 0.160. The Hall–Kier alpha value is -1.60. The molecule has 0 spiro atoms. The van der Waals surface area contributed by atoms with Crippen LogP contribution < -0.4 is 0 Å². The largest absolute Gasteiger partial charge is 0.392 e. The highest BCUT2D eigenvalue weighted by Gasteiger charge is 1.88. The van der Waals surface area contributed by atoms with E-state index in [1.807, 2.05) is 6.08 Å². The Labute approximate surface area is 149 Å². The van der Waals surface area contributed by atoms with Gasteiger partial charge in [0.15, 0.2) is 0 Å². The van der Waals surface area contributed by atoms with E-state index in [0.717, 1.165) is 51.4 Å². The molecule has 0 heterocycles. The fourth-order valence-electron chi connectivity index (χ4n) is 2.13. The lowest BCUT2D eigenvalue weighted by Crippen LogP contribution is -1.81. The first kappa shape index (κ1) is 22.4. The lowest BCUT2D eigenvalue weighted by atomic mass is 10.1. The van der Waals surface area contributed by atoms with Crippen LogP contribution in [0.15, 0.2) is 72.4 Å². The normalized spacial score (nSPS) is 13.7. The summed E-state index contributed by atoms with van der Waals surface area (Å²) in [5.41, 5.74) is 1.28. The molecule has 0 aromatic carbocycles. The van der Waals surface area contributed by atoms with Gasteiger partial charge < -0.3 is 5.11 Å². The lowest BCUT2D eigenvalue weighted by molar-refractivity contribution is 0.341. The zero-order valence-electron chi connectivity index (χ0n) is 15.7. The van der Waals surface area contributed by atoms with E-state index in [4.69, 9.17) is 5.11 Å². The van der Waals surface area contributed by atoms with E-state index in [0.29, 0.717) is 0 Å². The van der Waals surface area contributed by atoms with Crippen LogP contribution in [-0.4, -0.2) is 11.7 Å². The second-order valence-corrected chi connectivity index (χ2v) is 5.83. The van der Waals surface area contributed by atoms with Crippen molar-refractivity contribution in [3.63, 3.8) is 0 Å². The molecule has 1 N–H and O–H groups in total. The van der Waals surface area contributed by atoms with Gasteiger partial charge in [0.05, 0.1) is 6.61 Å². The molecule has 0 atom stereocenters. The average Bonchev–Trinajstić information content (AvgIpc) is 2.58. The monoisotopic (exact) mass is 328 g/mol. The first-order chi connectivity index (χ1) is 11.8. The molecule has 0 aliphatic carbocycles. The first-order valence-corrected chi connectivity index (χ1v) is 9.32. The summed E-state index contributed by atoms with van der Waals surface area (Å²) in [5.74, 6) is 0. The third kappa shape index (κ3) is 18.4. The molecule has 0 unspecified atom stereocenters. The van der Waals surface area contributed by atoms with Gasteiger partial charge in [0, 0.05) is 0 Å². The topological polar surface area (TPSA) is 20.2 Å². The summed E-state index contributed by atoms with van der Waals surface area (Å²) in [6.45, 7) is 4.40. The Bertz CT molecular complexity index is 433. The van der Waals surface area contributed by atoms with Gasteiger partial charge in [-0.25, -0.2) is 0 Å². The second-order valence-electron chi connectivity index (χ2n) is 5.83. The first-order valence-electron chi connectivity index (χ1n) is 9.32. The Morgan fingerprint density at radius 2 is 1.17 bits per heavy atom. The zero-order chi connectivity index (χ0) is 17.7. The molecule has 134 valence electrons. The van der Waals surface area contributed by atoms with Crippen LogP contribution in [0.25, 0.3) is 0 Å². The number of aliphatic hydroxyl groups is 1. The van der Waals surface area contributed by atoms with Gasteiger partial charge in [-0.05, 0) is 58.3 Å². The third-order valence-corrected chi connectivity index (χ3v) is 3.54. The second kappa shape index (κ2) is 19.4. The highest BCUT2D eigenvalue weighted by Crippen LogP contribution is 2.06. The summed E-state index contributed by atoms with van der Waals surface area (Å²) in [7, 11) is 0. The summed E-state index contributed by atoms with van der Waals surface area (Å²) < 4.78 is 0. The van der Waals surface area contributed by atoms with Crippen LogP contribution in [0.4, 0.5) is 0 Å². The third-order valence-electron chi connectivity index (χ3n) is 3.54. The predicted octanol–water partition coefficient (Wildman–Crippen LogP) is 6.85. The van der Waals surface area contributed by atoms with E-state index in [2.05, 4.69) is 74.6 Å². The van der Waals surface area contributed by atoms with Crippen LogP contribution in [0.1, 0.15) is 65.2 Å². The highest BCUT2D eigenvalue weighted by atomic mass is 16.2. The number of hydrogen-bond donors (Lipinski definition) is 1. The SMILES string of the molecule is CC/C=C\C/C=C\C/C=C\C/C=C\C/C=C\CCC/C(C)=C\CO. The van der Waals surface area contributed by atoms with E-state index in [1.54, 1.807) is 0 Å². The quantitative estimate of drug-likeness (QED) is 0.273. The van der Waals surface area contributed by atoms with Gasteiger partial charge in [-0.15, -0.1) is 0 Å². The van der Waals surface area contributed by atoms with Gasteiger partial charge in [0.2, 0.25) is 0 Å². The number of allylic oxidation sites excluding steroid dienone is 11. The van der Waals surface area contributed by atoms with Crippen LogP contribution in [0.3, 0.4) is 0 Å². The Morgan fingerprint density at radius 3 is 1.62 bits per heavy atom. The van der Waals surface area contributed by atoms with E-state index in [1.165, 1.54) is 5.57 Å². The van der Waals surface area contributed by atoms with Crippen molar-refractivity contribution in [2.24, 2.45) is 0 Å².